The van der Waals surface area contributed by atoms with Gasteiger partial charge in [-0.2, -0.15) is 0 Å². The summed E-state index contributed by atoms with van der Waals surface area (Å²) in [6.45, 7) is 2.30. The van der Waals surface area contributed by atoms with Crippen LogP contribution in [0.3, 0.4) is 0 Å². The SMILES string of the molecule is CCC1CCCC(n2cnc(CCl)c2)C1. The topological polar surface area (TPSA) is 17.8 Å². The molecule has 3 heteroatoms. The smallest absolute Gasteiger partial charge is 0.0952 e. The third-order valence-corrected chi connectivity index (χ3v) is 3.82. The lowest BCUT2D eigenvalue weighted by molar-refractivity contribution is 0.261. The maximum Gasteiger partial charge on any atom is 0.0952 e. The van der Waals surface area contributed by atoms with Crippen molar-refractivity contribution in [3.05, 3.63) is 18.2 Å². The maximum atomic E-state index is 5.76. The molecule has 1 saturated carbocycles. The van der Waals surface area contributed by atoms with Crippen LogP contribution in [0.4, 0.5) is 0 Å². The van der Waals surface area contributed by atoms with Crippen LogP contribution in [0.5, 0.6) is 0 Å². The Hall–Kier alpha value is -0.500. The minimum atomic E-state index is 0.525. The molecule has 0 aliphatic heterocycles. The van der Waals surface area contributed by atoms with Crippen molar-refractivity contribution in [1.29, 1.82) is 0 Å². The van der Waals surface area contributed by atoms with Gasteiger partial charge in [-0.15, -0.1) is 11.6 Å². The van der Waals surface area contributed by atoms with E-state index in [1.807, 2.05) is 6.33 Å². The van der Waals surface area contributed by atoms with E-state index in [-0.39, 0.29) is 0 Å². The second-order valence-corrected chi connectivity index (χ2v) is 4.81. The monoisotopic (exact) mass is 226 g/mol. The van der Waals surface area contributed by atoms with Gasteiger partial charge in [-0.05, 0) is 18.8 Å². The first kappa shape index (κ1) is 11.0. The van der Waals surface area contributed by atoms with Crippen LogP contribution >= 0.6 is 11.6 Å². The van der Waals surface area contributed by atoms with Gasteiger partial charge in [0.05, 0.1) is 17.9 Å². The van der Waals surface area contributed by atoms with Crippen LogP contribution in [0.2, 0.25) is 0 Å². The van der Waals surface area contributed by atoms with Crippen molar-refractivity contribution < 1.29 is 0 Å². The first-order chi connectivity index (χ1) is 7.33. The molecule has 0 saturated heterocycles. The van der Waals surface area contributed by atoms with Crippen molar-refractivity contribution in [2.24, 2.45) is 5.92 Å². The molecule has 84 valence electrons. The lowest BCUT2D eigenvalue weighted by Crippen LogP contribution is -2.17. The highest BCUT2D eigenvalue weighted by molar-refractivity contribution is 6.16. The Kier molecular flexibility index (Phi) is 3.68. The Morgan fingerprint density at radius 3 is 3.07 bits per heavy atom. The highest BCUT2D eigenvalue weighted by atomic mass is 35.5. The molecule has 0 N–H and O–H groups in total. The van der Waals surface area contributed by atoms with E-state index in [9.17, 15) is 0 Å². The van der Waals surface area contributed by atoms with Gasteiger partial charge in [0.1, 0.15) is 0 Å². The van der Waals surface area contributed by atoms with Crippen molar-refractivity contribution in [3.63, 3.8) is 0 Å². The van der Waals surface area contributed by atoms with Crippen LogP contribution < -0.4 is 0 Å². The Labute approximate surface area is 96.7 Å². The fourth-order valence-electron chi connectivity index (χ4n) is 2.55. The summed E-state index contributed by atoms with van der Waals surface area (Å²) in [6.07, 6.45) is 10.7. The third kappa shape index (κ3) is 2.54. The van der Waals surface area contributed by atoms with E-state index in [2.05, 4.69) is 22.7 Å². The molecular formula is C12H19ClN2. The average Bonchev–Trinajstić information content (AvgIpc) is 2.78. The molecule has 0 radical (unpaired) electrons. The number of rotatable bonds is 3. The number of nitrogens with zero attached hydrogens (tertiary/aromatic N) is 2. The molecule has 1 aliphatic carbocycles. The largest absolute Gasteiger partial charge is 0.334 e. The summed E-state index contributed by atoms with van der Waals surface area (Å²) in [5.41, 5.74) is 0.996. The van der Waals surface area contributed by atoms with Gasteiger partial charge in [-0.25, -0.2) is 4.98 Å². The fraction of sp³-hybridized carbons (Fsp3) is 0.750. The first-order valence-corrected chi connectivity index (χ1v) is 6.45. The zero-order valence-corrected chi connectivity index (χ0v) is 10.1. The Morgan fingerprint density at radius 1 is 1.53 bits per heavy atom. The van der Waals surface area contributed by atoms with Gasteiger partial charge >= 0.3 is 0 Å². The summed E-state index contributed by atoms with van der Waals surface area (Å²) >= 11 is 5.76. The van der Waals surface area contributed by atoms with E-state index in [4.69, 9.17) is 11.6 Å². The van der Waals surface area contributed by atoms with Gasteiger partial charge in [-0.1, -0.05) is 26.2 Å². The molecule has 2 nitrogen and oxygen atoms in total. The second kappa shape index (κ2) is 5.02. The van der Waals surface area contributed by atoms with E-state index in [0.29, 0.717) is 11.9 Å². The Morgan fingerprint density at radius 2 is 2.40 bits per heavy atom. The molecule has 0 bridgehead atoms. The van der Waals surface area contributed by atoms with Crippen LogP contribution in [0.1, 0.15) is 50.8 Å². The van der Waals surface area contributed by atoms with E-state index in [1.165, 1.54) is 32.1 Å². The van der Waals surface area contributed by atoms with Crippen LogP contribution in [0.25, 0.3) is 0 Å². The molecule has 2 rings (SSSR count). The van der Waals surface area contributed by atoms with Crippen molar-refractivity contribution in [2.45, 2.75) is 50.9 Å². The molecule has 2 unspecified atom stereocenters. The summed E-state index contributed by atoms with van der Waals surface area (Å²) in [5, 5.41) is 0. The summed E-state index contributed by atoms with van der Waals surface area (Å²) in [4.78, 5) is 4.29. The Balaban J connectivity index is 2.03. The van der Waals surface area contributed by atoms with Crippen LogP contribution in [0.15, 0.2) is 12.5 Å². The molecular weight excluding hydrogens is 208 g/mol. The van der Waals surface area contributed by atoms with Crippen molar-refractivity contribution >= 4 is 11.6 Å². The lowest BCUT2D eigenvalue weighted by atomic mass is 9.84. The molecule has 1 aliphatic rings. The van der Waals surface area contributed by atoms with Crippen molar-refractivity contribution in [3.8, 4) is 0 Å². The van der Waals surface area contributed by atoms with Crippen molar-refractivity contribution in [1.82, 2.24) is 9.55 Å². The van der Waals surface area contributed by atoms with E-state index >= 15 is 0 Å². The molecule has 0 spiro atoms. The molecule has 15 heavy (non-hydrogen) atoms. The molecule has 1 fully saturated rings. The van der Waals surface area contributed by atoms with Gasteiger partial charge in [0.15, 0.2) is 0 Å². The van der Waals surface area contributed by atoms with E-state index in [1.54, 1.807) is 0 Å². The normalized spacial score (nSPS) is 26.8. The van der Waals surface area contributed by atoms with Crippen LogP contribution in [0, 0.1) is 5.92 Å². The summed E-state index contributed by atoms with van der Waals surface area (Å²) < 4.78 is 2.26. The quantitative estimate of drug-likeness (QED) is 0.718. The molecule has 0 amide bonds. The molecule has 2 atom stereocenters. The zero-order valence-electron chi connectivity index (χ0n) is 9.32. The van der Waals surface area contributed by atoms with Gasteiger partial charge in [-0.3, -0.25) is 0 Å². The minimum Gasteiger partial charge on any atom is -0.334 e. The molecule has 1 aromatic heterocycles. The van der Waals surface area contributed by atoms with E-state index in [0.717, 1.165) is 11.6 Å². The highest BCUT2D eigenvalue weighted by Gasteiger charge is 2.21. The van der Waals surface area contributed by atoms with Crippen LogP contribution in [-0.2, 0) is 5.88 Å². The van der Waals surface area contributed by atoms with Gasteiger partial charge < -0.3 is 4.57 Å². The second-order valence-electron chi connectivity index (χ2n) is 4.54. The third-order valence-electron chi connectivity index (χ3n) is 3.55. The fourth-order valence-corrected chi connectivity index (χ4v) is 2.69. The number of alkyl halides is 1. The van der Waals surface area contributed by atoms with E-state index < -0.39 is 0 Å². The molecule has 1 heterocycles. The minimum absolute atomic E-state index is 0.525. The summed E-state index contributed by atoms with van der Waals surface area (Å²) in [5.74, 6) is 1.43. The zero-order chi connectivity index (χ0) is 10.7. The number of halogens is 1. The van der Waals surface area contributed by atoms with Gasteiger partial charge in [0, 0.05) is 12.2 Å². The van der Waals surface area contributed by atoms with Crippen molar-refractivity contribution in [2.75, 3.05) is 0 Å². The molecule has 0 aromatic carbocycles. The van der Waals surface area contributed by atoms with Gasteiger partial charge in [0.2, 0.25) is 0 Å². The number of hydrogen-bond donors (Lipinski definition) is 0. The summed E-state index contributed by atoms with van der Waals surface area (Å²) in [6, 6.07) is 0.660. The number of aromatic nitrogens is 2. The number of imidazole rings is 1. The highest BCUT2D eigenvalue weighted by Crippen LogP contribution is 2.34. The number of hydrogen-bond acceptors (Lipinski definition) is 1. The predicted octanol–water partition coefficient (Wildman–Crippen LogP) is 3.76. The Bertz CT molecular complexity index is 308. The standard InChI is InChI=1S/C12H19ClN2/c1-2-10-4-3-5-12(6-10)15-8-11(7-13)14-9-15/h8-10,12H,2-7H2,1H3. The summed E-state index contributed by atoms with van der Waals surface area (Å²) in [7, 11) is 0. The average molecular weight is 227 g/mol. The predicted molar refractivity (Wildman–Crippen MR) is 63.1 cm³/mol. The molecule has 1 aromatic rings. The maximum absolute atomic E-state index is 5.76. The van der Waals surface area contributed by atoms with Gasteiger partial charge in [0.25, 0.3) is 0 Å². The lowest BCUT2D eigenvalue weighted by Gasteiger charge is -2.29. The van der Waals surface area contributed by atoms with Crippen LogP contribution in [-0.4, -0.2) is 9.55 Å². The first-order valence-electron chi connectivity index (χ1n) is 5.91.